The molecule has 1 rings (SSSR count). The molecule has 3 nitrogen and oxygen atoms in total. The predicted octanol–water partition coefficient (Wildman–Crippen LogP) is 1.60. The molecule has 0 spiro atoms. The van der Waals surface area contributed by atoms with Crippen LogP contribution < -0.4 is 5.73 Å². The second-order valence-electron chi connectivity index (χ2n) is 6.00. The molecule has 0 bridgehead atoms. The molecule has 96 valence electrons. The molecule has 0 aromatic rings. The highest BCUT2D eigenvalue weighted by Gasteiger charge is 2.30. The summed E-state index contributed by atoms with van der Waals surface area (Å²) in [7, 11) is 2.12. The zero-order valence-corrected chi connectivity index (χ0v) is 11.2. The Morgan fingerprint density at radius 1 is 1.31 bits per heavy atom. The zero-order chi connectivity index (χ0) is 12.3. The van der Waals surface area contributed by atoms with Gasteiger partial charge in [-0.2, -0.15) is 0 Å². The number of hydrogen-bond acceptors (Lipinski definition) is 3. The Kier molecular flexibility index (Phi) is 4.77. The van der Waals surface area contributed by atoms with Gasteiger partial charge in [-0.25, -0.2) is 0 Å². The Bertz CT molecular complexity index is 208. The van der Waals surface area contributed by atoms with E-state index in [0.29, 0.717) is 18.0 Å². The van der Waals surface area contributed by atoms with Crippen LogP contribution in [0.2, 0.25) is 0 Å². The molecule has 0 radical (unpaired) electrons. The second kappa shape index (κ2) is 5.48. The Morgan fingerprint density at radius 3 is 2.25 bits per heavy atom. The van der Waals surface area contributed by atoms with Crippen molar-refractivity contribution in [3.05, 3.63) is 0 Å². The smallest absolute Gasteiger partial charge is 0.0768 e. The molecule has 0 aliphatic heterocycles. The molecule has 3 heteroatoms. The fourth-order valence-electron chi connectivity index (χ4n) is 2.36. The summed E-state index contributed by atoms with van der Waals surface area (Å²) in [6.45, 7) is 6.84. The molecule has 0 amide bonds. The summed E-state index contributed by atoms with van der Waals surface area (Å²) < 4.78 is 0. The maximum Gasteiger partial charge on any atom is 0.0768 e. The van der Waals surface area contributed by atoms with Crippen molar-refractivity contribution >= 4 is 0 Å². The molecule has 0 aromatic carbocycles. The summed E-state index contributed by atoms with van der Waals surface area (Å²) in [5.41, 5.74) is 5.32. The van der Waals surface area contributed by atoms with Gasteiger partial charge in [0.2, 0.25) is 0 Å². The van der Waals surface area contributed by atoms with Crippen LogP contribution in [0.3, 0.4) is 0 Å². The Balaban J connectivity index is 2.43. The zero-order valence-electron chi connectivity index (χ0n) is 11.2. The van der Waals surface area contributed by atoms with Crippen LogP contribution in [0.1, 0.15) is 46.5 Å². The number of likely N-dealkylation sites (N-methyl/N-ethyl adjacent to an activating group) is 1. The lowest BCUT2D eigenvalue weighted by Crippen LogP contribution is -2.48. The number of nitrogens with two attached hydrogens (primary N) is 1. The summed E-state index contributed by atoms with van der Waals surface area (Å²) in [6, 6.07) is 1.00. The van der Waals surface area contributed by atoms with E-state index in [1.807, 2.05) is 6.92 Å². The molecule has 1 aliphatic carbocycles. The van der Waals surface area contributed by atoms with E-state index in [1.165, 1.54) is 12.8 Å². The molecule has 1 atom stereocenters. The van der Waals surface area contributed by atoms with Crippen LogP contribution in [0.15, 0.2) is 0 Å². The molecule has 0 aromatic heterocycles. The van der Waals surface area contributed by atoms with Crippen molar-refractivity contribution in [1.29, 1.82) is 0 Å². The van der Waals surface area contributed by atoms with Gasteiger partial charge in [0, 0.05) is 18.6 Å². The lowest BCUT2D eigenvalue weighted by Gasteiger charge is -2.39. The molecule has 16 heavy (non-hydrogen) atoms. The van der Waals surface area contributed by atoms with Crippen LogP contribution in [0.5, 0.6) is 0 Å². The van der Waals surface area contributed by atoms with E-state index in [-0.39, 0.29) is 0 Å². The van der Waals surface area contributed by atoms with Gasteiger partial charge in [-0.1, -0.05) is 13.8 Å². The van der Waals surface area contributed by atoms with Gasteiger partial charge in [-0.15, -0.1) is 0 Å². The van der Waals surface area contributed by atoms with Crippen molar-refractivity contribution in [1.82, 2.24) is 4.90 Å². The lowest BCUT2D eigenvalue weighted by molar-refractivity contribution is -0.0258. The highest BCUT2D eigenvalue weighted by molar-refractivity contribution is 4.85. The molecule has 1 unspecified atom stereocenters. The molecule has 1 fully saturated rings. The third-order valence-corrected chi connectivity index (χ3v) is 4.18. The summed E-state index contributed by atoms with van der Waals surface area (Å²) in [5.74, 6) is 0.292. The van der Waals surface area contributed by atoms with Crippen LogP contribution in [0.25, 0.3) is 0 Å². The minimum atomic E-state index is -0.589. The summed E-state index contributed by atoms with van der Waals surface area (Å²) >= 11 is 0. The van der Waals surface area contributed by atoms with Gasteiger partial charge in [-0.3, -0.25) is 0 Å². The van der Waals surface area contributed by atoms with Crippen molar-refractivity contribution in [3.63, 3.8) is 0 Å². The van der Waals surface area contributed by atoms with Gasteiger partial charge in [0.1, 0.15) is 0 Å². The minimum absolute atomic E-state index is 0.292. The topological polar surface area (TPSA) is 49.5 Å². The van der Waals surface area contributed by atoms with Gasteiger partial charge in [0.05, 0.1) is 5.60 Å². The van der Waals surface area contributed by atoms with E-state index in [2.05, 4.69) is 25.8 Å². The van der Waals surface area contributed by atoms with Crippen LogP contribution in [0.4, 0.5) is 0 Å². The number of rotatable bonds is 4. The second-order valence-corrected chi connectivity index (χ2v) is 6.00. The number of hydrogen-bond donors (Lipinski definition) is 2. The average Bonchev–Trinajstić information content (AvgIpc) is 2.17. The summed E-state index contributed by atoms with van der Waals surface area (Å²) in [4.78, 5) is 2.31. The molecule has 0 saturated heterocycles. The Hall–Kier alpha value is -0.120. The van der Waals surface area contributed by atoms with E-state index in [9.17, 15) is 5.11 Å². The van der Waals surface area contributed by atoms with Gasteiger partial charge in [0.15, 0.2) is 0 Å². The van der Waals surface area contributed by atoms with Crippen LogP contribution >= 0.6 is 0 Å². The third-order valence-electron chi connectivity index (χ3n) is 4.18. The van der Waals surface area contributed by atoms with Gasteiger partial charge in [0.25, 0.3) is 0 Å². The normalized spacial score (nSPS) is 30.8. The van der Waals surface area contributed by atoms with E-state index < -0.39 is 5.60 Å². The largest absolute Gasteiger partial charge is 0.389 e. The standard InChI is InChI=1S/C13H28N2O/c1-10(2)13(3,16)9-15(4)12-7-5-11(14)6-8-12/h10-12,16H,5-9,14H2,1-4H3. The van der Waals surface area contributed by atoms with Crippen molar-refractivity contribution in [2.75, 3.05) is 13.6 Å². The summed E-state index contributed by atoms with van der Waals surface area (Å²) in [5, 5.41) is 10.3. The SMILES string of the molecule is CC(C)C(C)(O)CN(C)C1CCC(N)CC1. The first-order valence-corrected chi connectivity index (χ1v) is 6.51. The number of aliphatic hydroxyl groups is 1. The third kappa shape index (κ3) is 3.72. The first-order valence-electron chi connectivity index (χ1n) is 6.51. The van der Waals surface area contributed by atoms with Gasteiger partial charge >= 0.3 is 0 Å². The molecule has 0 heterocycles. The quantitative estimate of drug-likeness (QED) is 0.768. The van der Waals surface area contributed by atoms with Crippen molar-refractivity contribution in [2.45, 2.75) is 64.1 Å². The Morgan fingerprint density at radius 2 is 1.81 bits per heavy atom. The average molecular weight is 228 g/mol. The van der Waals surface area contributed by atoms with Crippen molar-refractivity contribution in [3.8, 4) is 0 Å². The highest BCUT2D eigenvalue weighted by atomic mass is 16.3. The first kappa shape index (κ1) is 13.9. The fraction of sp³-hybridized carbons (Fsp3) is 1.00. The van der Waals surface area contributed by atoms with E-state index in [0.717, 1.165) is 19.4 Å². The van der Waals surface area contributed by atoms with Crippen molar-refractivity contribution in [2.24, 2.45) is 11.7 Å². The van der Waals surface area contributed by atoms with Gasteiger partial charge in [-0.05, 0) is 45.6 Å². The molecule has 1 aliphatic rings. The number of nitrogens with zero attached hydrogens (tertiary/aromatic N) is 1. The lowest BCUT2D eigenvalue weighted by atomic mass is 9.88. The van der Waals surface area contributed by atoms with E-state index >= 15 is 0 Å². The van der Waals surface area contributed by atoms with E-state index in [4.69, 9.17) is 5.73 Å². The predicted molar refractivity (Wildman–Crippen MR) is 68.3 cm³/mol. The van der Waals surface area contributed by atoms with Crippen LogP contribution in [0, 0.1) is 5.92 Å². The maximum atomic E-state index is 10.3. The van der Waals surface area contributed by atoms with E-state index in [1.54, 1.807) is 0 Å². The van der Waals surface area contributed by atoms with Gasteiger partial charge < -0.3 is 15.7 Å². The van der Waals surface area contributed by atoms with Crippen molar-refractivity contribution < 1.29 is 5.11 Å². The molecular formula is C13H28N2O. The highest BCUT2D eigenvalue weighted by Crippen LogP contribution is 2.24. The first-order chi connectivity index (χ1) is 7.33. The van der Waals surface area contributed by atoms with Crippen LogP contribution in [-0.2, 0) is 0 Å². The summed E-state index contributed by atoms with van der Waals surface area (Å²) in [6.07, 6.45) is 4.59. The Labute approximate surface area is 100 Å². The minimum Gasteiger partial charge on any atom is -0.389 e. The fourth-order valence-corrected chi connectivity index (χ4v) is 2.36. The molecular weight excluding hydrogens is 200 g/mol. The molecule has 3 N–H and O–H groups in total. The monoisotopic (exact) mass is 228 g/mol. The maximum absolute atomic E-state index is 10.3. The molecule has 1 saturated carbocycles. The van der Waals surface area contributed by atoms with Crippen LogP contribution in [-0.4, -0.2) is 41.3 Å².